The zero-order valence-corrected chi connectivity index (χ0v) is 12.3. The molecule has 0 spiro atoms. The third-order valence-corrected chi connectivity index (χ3v) is 2.45. The van der Waals surface area contributed by atoms with Crippen LogP contribution in [0.1, 0.15) is 26.3 Å². The summed E-state index contributed by atoms with van der Waals surface area (Å²) in [6.07, 6.45) is -0.508. The van der Waals surface area contributed by atoms with Gasteiger partial charge in [-0.25, -0.2) is 4.79 Å². The Morgan fingerprint density at radius 1 is 1.42 bits per heavy atom. The van der Waals surface area contributed by atoms with E-state index >= 15 is 0 Å². The van der Waals surface area contributed by atoms with Gasteiger partial charge in [-0.2, -0.15) is 0 Å². The molecule has 106 valence electrons. The molecule has 0 saturated heterocycles. The van der Waals surface area contributed by atoms with Gasteiger partial charge in [-0.1, -0.05) is 11.6 Å². The van der Waals surface area contributed by atoms with Crippen LogP contribution >= 0.6 is 11.6 Å². The highest BCUT2D eigenvalue weighted by Gasteiger charge is 2.16. The number of halogens is 1. The lowest BCUT2D eigenvalue weighted by Gasteiger charge is -2.20. The van der Waals surface area contributed by atoms with E-state index in [4.69, 9.17) is 26.8 Å². The first-order valence-electron chi connectivity index (χ1n) is 5.81. The molecule has 0 bridgehead atoms. The van der Waals surface area contributed by atoms with Crippen LogP contribution in [-0.2, 0) is 11.3 Å². The fourth-order valence-electron chi connectivity index (χ4n) is 1.44. The molecule has 0 unspecified atom stereocenters. The predicted molar refractivity (Wildman–Crippen MR) is 75.5 cm³/mol. The number of anilines is 1. The summed E-state index contributed by atoms with van der Waals surface area (Å²) in [5.74, 6) is 0.480. The molecule has 1 amide bonds. The Kier molecular flexibility index (Phi) is 4.89. The van der Waals surface area contributed by atoms with Crippen molar-refractivity contribution in [2.24, 2.45) is 0 Å². The van der Waals surface area contributed by atoms with Crippen molar-refractivity contribution in [2.75, 3.05) is 12.8 Å². The van der Waals surface area contributed by atoms with Crippen molar-refractivity contribution in [3.8, 4) is 5.75 Å². The molecule has 19 heavy (non-hydrogen) atoms. The molecule has 0 atom stereocenters. The number of nitrogens with one attached hydrogen (secondary N) is 1. The van der Waals surface area contributed by atoms with Gasteiger partial charge in [0, 0.05) is 17.6 Å². The van der Waals surface area contributed by atoms with E-state index in [-0.39, 0.29) is 6.54 Å². The normalized spacial score (nSPS) is 11.0. The van der Waals surface area contributed by atoms with Crippen molar-refractivity contribution >= 4 is 23.4 Å². The third kappa shape index (κ3) is 4.87. The topological polar surface area (TPSA) is 73.6 Å². The van der Waals surface area contributed by atoms with Crippen molar-refractivity contribution in [1.29, 1.82) is 0 Å². The van der Waals surface area contributed by atoms with Gasteiger partial charge in [-0.3, -0.25) is 0 Å². The number of methoxy groups -OCH3 is 1. The molecule has 0 fully saturated rings. The molecule has 6 heteroatoms. The van der Waals surface area contributed by atoms with Crippen LogP contribution in [-0.4, -0.2) is 18.8 Å². The number of carbonyl (C=O) groups excluding carboxylic acids is 1. The second kappa shape index (κ2) is 6.02. The number of hydrogen-bond donors (Lipinski definition) is 2. The van der Waals surface area contributed by atoms with Crippen LogP contribution < -0.4 is 15.8 Å². The molecule has 0 aromatic heterocycles. The molecule has 0 aliphatic carbocycles. The Morgan fingerprint density at radius 3 is 2.58 bits per heavy atom. The largest absolute Gasteiger partial charge is 0.495 e. The first kappa shape index (κ1) is 15.4. The quantitative estimate of drug-likeness (QED) is 0.838. The molecule has 0 aliphatic heterocycles. The van der Waals surface area contributed by atoms with Gasteiger partial charge < -0.3 is 20.5 Å². The first-order chi connectivity index (χ1) is 8.73. The second-order valence-electron chi connectivity index (χ2n) is 5.04. The molecule has 1 aromatic carbocycles. The number of nitrogen functional groups attached to an aromatic ring is 1. The van der Waals surface area contributed by atoms with E-state index in [1.54, 1.807) is 32.9 Å². The Labute approximate surface area is 118 Å². The van der Waals surface area contributed by atoms with Gasteiger partial charge >= 0.3 is 6.09 Å². The SMILES string of the molecule is COc1cc(Cl)cc(CNC(=O)OC(C)(C)C)c1N. The average molecular weight is 287 g/mol. The van der Waals surface area contributed by atoms with Crippen molar-refractivity contribution in [3.05, 3.63) is 22.7 Å². The maximum absolute atomic E-state index is 11.5. The fourth-order valence-corrected chi connectivity index (χ4v) is 1.67. The number of benzene rings is 1. The standard InChI is InChI=1S/C13H19ClN2O3/c1-13(2,3)19-12(17)16-7-8-5-9(14)6-10(18-4)11(8)15/h5-6H,7,15H2,1-4H3,(H,16,17). The minimum atomic E-state index is -0.540. The molecular weight excluding hydrogens is 268 g/mol. The van der Waals surface area contributed by atoms with Crippen LogP contribution in [0.2, 0.25) is 5.02 Å². The molecule has 0 saturated carbocycles. The molecule has 3 N–H and O–H groups in total. The number of rotatable bonds is 3. The van der Waals surface area contributed by atoms with Gasteiger partial charge in [0.25, 0.3) is 0 Å². The zero-order chi connectivity index (χ0) is 14.6. The van der Waals surface area contributed by atoms with Gasteiger partial charge in [0.2, 0.25) is 0 Å². The van der Waals surface area contributed by atoms with E-state index in [1.807, 2.05) is 0 Å². The molecule has 1 aromatic rings. The number of amides is 1. The zero-order valence-electron chi connectivity index (χ0n) is 11.5. The summed E-state index contributed by atoms with van der Waals surface area (Å²) < 4.78 is 10.2. The summed E-state index contributed by atoms with van der Waals surface area (Å²) in [6.45, 7) is 5.60. The summed E-state index contributed by atoms with van der Waals surface area (Å²) in [5.41, 5.74) is 6.48. The lowest BCUT2D eigenvalue weighted by molar-refractivity contribution is 0.0523. The monoisotopic (exact) mass is 286 g/mol. The summed E-state index contributed by atoms with van der Waals surface area (Å²) in [4.78, 5) is 11.5. The van der Waals surface area contributed by atoms with Gasteiger partial charge in [-0.05, 0) is 32.4 Å². The number of ether oxygens (including phenoxy) is 2. The maximum atomic E-state index is 11.5. The number of carbonyl (C=O) groups is 1. The van der Waals surface area contributed by atoms with Crippen LogP contribution in [0.25, 0.3) is 0 Å². The van der Waals surface area contributed by atoms with E-state index in [2.05, 4.69) is 5.32 Å². The lowest BCUT2D eigenvalue weighted by Crippen LogP contribution is -2.32. The van der Waals surface area contributed by atoms with Crippen LogP contribution in [0.3, 0.4) is 0 Å². The molecule has 5 nitrogen and oxygen atoms in total. The van der Waals surface area contributed by atoms with E-state index in [0.717, 1.165) is 0 Å². The predicted octanol–water partition coefficient (Wildman–Crippen LogP) is 2.96. The summed E-state index contributed by atoms with van der Waals surface area (Å²) in [5, 5.41) is 3.11. The smallest absolute Gasteiger partial charge is 0.407 e. The Balaban J connectivity index is 2.73. The number of alkyl carbamates (subject to hydrolysis) is 1. The maximum Gasteiger partial charge on any atom is 0.407 e. The summed E-state index contributed by atoms with van der Waals surface area (Å²) >= 11 is 5.94. The van der Waals surface area contributed by atoms with Crippen molar-refractivity contribution in [3.63, 3.8) is 0 Å². The summed E-state index contributed by atoms with van der Waals surface area (Å²) in [6, 6.07) is 3.30. The van der Waals surface area contributed by atoms with Gasteiger partial charge in [0.1, 0.15) is 11.4 Å². The first-order valence-corrected chi connectivity index (χ1v) is 6.19. The second-order valence-corrected chi connectivity index (χ2v) is 5.47. The minimum Gasteiger partial charge on any atom is -0.495 e. The van der Waals surface area contributed by atoms with E-state index in [9.17, 15) is 4.79 Å². The van der Waals surface area contributed by atoms with E-state index in [1.165, 1.54) is 7.11 Å². The number of hydrogen-bond acceptors (Lipinski definition) is 4. The van der Waals surface area contributed by atoms with Crippen molar-refractivity contribution in [2.45, 2.75) is 32.9 Å². The van der Waals surface area contributed by atoms with Crippen molar-refractivity contribution in [1.82, 2.24) is 5.32 Å². The highest BCUT2D eigenvalue weighted by molar-refractivity contribution is 6.31. The molecule has 1 rings (SSSR count). The van der Waals surface area contributed by atoms with Crippen LogP contribution in [0.5, 0.6) is 5.75 Å². The van der Waals surface area contributed by atoms with Gasteiger partial charge in [0.15, 0.2) is 0 Å². The molecule has 0 heterocycles. The van der Waals surface area contributed by atoms with Crippen molar-refractivity contribution < 1.29 is 14.3 Å². The summed E-state index contributed by atoms with van der Waals surface area (Å²) in [7, 11) is 1.51. The van der Waals surface area contributed by atoms with Crippen LogP contribution in [0.4, 0.5) is 10.5 Å². The highest BCUT2D eigenvalue weighted by Crippen LogP contribution is 2.29. The Bertz CT molecular complexity index is 470. The van der Waals surface area contributed by atoms with Crippen LogP contribution in [0.15, 0.2) is 12.1 Å². The fraction of sp³-hybridized carbons (Fsp3) is 0.462. The number of nitrogens with two attached hydrogens (primary N) is 1. The lowest BCUT2D eigenvalue weighted by atomic mass is 10.1. The van der Waals surface area contributed by atoms with E-state index in [0.29, 0.717) is 22.0 Å². The van der Waals surface area contributed by atoms with Gasteiger partial charge in [0.05, 0.1) is 12.8 Å². The Morgan fingerprint density at radius 2 is 2.05 bits per heavy atom. The molecule has 0 aliphatic rings. The van der Waals surface area contributed by atoms with E-state index < -0.39 is 11.7 Å². The highest BCUT2D eigenvalue weighted by atomic mass is 35.5. The molecular formula is C13H19ClN2O3. The minimum absolute atomic E-state index is 0.220. The van der Waals surface area contributed by atoms with Crippen LogP contribution in [0, 0.1) is 0 Å². The third-order valence-electron chi connectivity index (χ3n) is 2.23. The van der Waals surface area contributed by atoms with Gasteiger partial charge in [-0.15, -0.1) is 0 Å². The average Bonchev–Trinajstić information content (AvgIpc) is 2.27. The Hall–Kier alpha value is -1.62. The molecule has 0 radical (unpaired) electrons.